The molecule has 5 heteroatoms. The second kappa shape index (κ2) is 5.32. The van der Waals surface area contributed by atoms with Crippen LogP contribution < -0.4 is 0 Å². The summed E-state index contributed by atoms with van der Waals surface area (Å²) in [4.78, 5) is 2.12. The molecule has 0 saturated heterocycles. The third kappa shape index (κ3) is 2.33. The van der Waals surface area contributed by atoms with Crippen molar-refractivity contribution in [3.05, 3.63) is 35.2 Å². The molecule has 1 heterocycles. The molecule has 0 aliphatic rings. The van der Waals surface area contributed by atoms with Crippen LogP contribution in [0.2, 0.25) is 0 Å². The van der Waals surface area contributed by atoms with E-state index in [9.17, 15) is 0 Å². The molecule has 0 amide bonds. The van der Waals surface area contributed by atoms with Gasteiger partial charge in [0.15, 0.2) is 5.82 Å². The van der Waals surface area contributed by atoms with Gasteiger partial charge in [0.25, 0.3) is 0 Å². The van der Waals surface area contributed by atoms with Gasteiger partial charge in [-0.3, -0.25) is 4.90 Å². The van der Waals surface area contributed by atoms with Gasteiger partial charge in [-0.25, -0.2) is 0 Å². The topological polar surface area (TPSA) is 46.8 Å². The van der Waals surface area contributed by atoms with E-state index in [1.807, 2.05) is 18.8 Å². The van der Waals surface area contributed by atoms with Crippen molar-refractivity contribution in [1.29, 1.82) is 0 Å². The fourth-order valence-corrected chi connectivity index (χ4v) is 2.23. The summed E-state index contributed by atoms with van der Waals surface area (Å²) < 4.78 is 1.88. The van der Waals surface area contributed by atoms with Crippen molar-refractivity contribution < 1.29 is 0 Å². The Bertz CT molecular complexity index is 598. The Morgan fingerprint density at radius 1 is 1.25 bits per heavy atom. The van der Waals surface area contributed by atoms with Crippen LogP contribution in [0.5, 0.6) is 0 Å². The standard InChI is InChI=1S/C15H23N5/c1-7-12-10-8-9-11(2)13(12)20-14(16-17-18-20)15(3,4)19(5)6/h8-10H,7H2,1-6H3. The molecule has 0 radical (unpaired) electrons. The highest BCUT2D eigenvalue weighted by Gasteiger charge is 2.31. The minimum absolute atomic E-state index is 0.239. The molecule has 0 atom stereocenters. The van der Waals surface area contributed by atoms with Gasteiger partial charge in [0.05, 0.1) is 11.2 Å². The molecule has 1 aromatic carbocycles. The third-order valence-electron chi connectivity index (χ3n) is 4.05. The lowest BCUT2D eigenvalue weighted by molar-refractivity contribution is 0.182. The average Bonchev–Trinajstić information content (AvgIpc) is 2.87. The SMILES string of the molecule is CCc1cccc(C)c1-n1nnnc1C(C)(C)N(C)C. The zero-order valence-electron chi connectivity index (χ0n) is 13.2. The smallest absolute Gasteiger partial charge is 0.176 e. The van der Waals surface area contributed by atoms with Crippen molar-refractivity contribution in [2.75, 3.05) is 14.1 Å². The maximum atomic E-state index is 4.26. The predicted molar refractivity (Wildman–Crippen MR) is 80.0 cm³/mol. The molecule has 2 aromatic rings. The second-order valence-electron chi connectivity index (χ2n) is 5.80. The number of rotatable bonds is 4. The molecule has 0 fully saturated rings. The zero-order valence-corrected chi connectivity index (χ0v) is 13.2. The summed E-state index contributed by atoms with van der Waals surface area (Å²) >= 11 is 0. The van der Waals surface area contributed by atoms with Gasteiger partial charge in [0.1, 0.15) is 0 Å². The molecule has 20 heavy (non-hydrogen) atoms. The first kappa shape index (κ1) is 14.7. The Balaban J connectivity index is 2.65. The number of tetrazole rings is 1. The summed E-state index contributed by atoms with van der Waals surface area (Å²) in [5, 5.41) is 12.4. The van der Waals surface area contributed by atoms with E-state index < -0.39 is 0 Å². The van der Waals surface area contributed by atoms with E-state index in [4.69, 9.17) is 0 Å². The molecule has 0 bridgehead atoms. The van der Waals surface area contributed by atoms with Gasteiger partial charge in [-0.2, -0.15) is 4.68 Å². The first-order valence-corrected chi connectivity index (χ1v) is 6.94. The summed E-state index contributed by atoms with van der Waals surface area (Å²) in [5.74, 6) is 0.853. The summed E-state index contributed by atoms with van der Waals surface area (Å²) in [6.45, 7) is 8.50. The molecule has 0 aliphatic heterocycles. The lowest BCUT2D eigenvalue weighted by Crippen LogP contribution is -2.38. The van der Waals surface area contributed by atoms with Gasteiger partial charge in [-0.05, 0) is 62.8 Å². The van der Waals surface area contributed by atoms with Crippen LogP contribution >= 0.6 is 0 Å². The quantitative estimate of drug-likeness (QED) is 0.858. The van der Waals surface area contributed by atoms with Gasteiger partial charge in [-0.1, -0.05) is 25.1 Å². The van der Waals surface area contributed by atoms with Crippen LogP contribution in [-0.4, -0.2) is 39.2 Å². The normalized spacial score (nSPS) is 12.2. The van der Waals surface area contributed by atoms with Crippen LogP contribution in [0.3, 0.4) is 0 Å². The number of benzene rings is 1. The Kier molecular flexibility index (Phi) is 3.90. The van der Waals surface area contributed by atoms with Crippen LogP contribution in [0.15, 0.2) is 18.2 Å². The summed E-state index contributed by atoms with van der Waals surface area (Å²) in [5.41, 5.74) is 3.31. The minimum Gasteiger partial charge on any atom is -0.297 e. The Labute approximate surface area is 120 Å². The van der Waals surface area contributed by atoms with E-state index in [2.05, 4.69) is 66.3 Å². The fraction of sp³-hybridized carbons (Fsp3) is 0.533. The molecule has 5 nitrogen and oxygen atoms in total. The molecule has 0 N–H and O–H groups in total. The van der Waals surface area contributed by atoms with Gasteiger partial charge in [-0.15, -0.1) is 5.10 Å². The Hall–Kier alpha value is -1.75. The minimum atomic E-state index is -0.239. The number of hydrogen-bond donors (Lipinski definition) is 0. The van der Waals surface area contributed by atoms with Gasteiger partial charge < -0.3 is 0 Å². The first-order chi connectivity index (χ1) is 9.39. The van der Waals surface area contributed by atoms with Crippen molar-refractivity contribution in [2.45, 2.75) is 39.7 Å². The van der Waals surface area contributed by atoms with E-state index in [1.165, 1.54) is 11.1 Å². The monoisotopic (exact) mass is 273 g/mol. The third-order valence-corrected chi connectivity index (χ3v) is 4.05. The van der Waals surface area contributed by atoms with E-state index >= 15 is 0 Å². The predicted octanol–water partition coefficient (Wildman–Crippen LogP) is 2.33. The second-order valence-corrected chi connectivity index (χ2v) is 5.80. The maximum absolute atomic E-state index is 4.26. The summed E-state index contributed by atoms with van der Waals surface area (Å²) in [6, 6.07) is 6.32. The molecule has 2 rings (SSSR count). The average molecular weight is 273 g/mol. The molecule has 0 aliphatic carbocycles. The van der Waals surface area contributed by atoms with Crippen molar-refractivity contribution in [3.63, 3.8) is 0 Å². The first-order valence-electron chi connectivity index (χ1n) is 6.94. The summed E-state index contributed by atoms with van der Waals surface area (Å²) in [6.07, 6.45) is 0.957. The molecular weight excluding hydrogens is 250 g/mol. The van der Waals surface area contributed by atoms with Crippen LogP contribution in [0.25, 0.3) is 5.69 Å². The highest BCUT2D eigenvalue weighted by Crippen LogP contribution is 2.27. The number of para-hydroxylation sites is 1. The van der Waals surface area contributed by atoms with Crippen LogP contribution in [0, 0.1) is 6.92 Å². The lowest BCUT2D eigenvalue weighted by atomic mass is 10.0. The van der Waals surface area contributed by atoms with E-state index in [1.54, 1.807) is 0 Å². The molecule has 0 spiro atoms. The lowest BCUT2D eigenvalue weighted by Gasteiger charge is -2.31. The summed E-state index contributed by atoms with van der Waals surface area (Å²) in [7, 11) is 4.08. The molecular formula is C15H23N5. The maximum Gasteiger partial charge on any atom is 0.176 e. The highest BCUT2D eigenvalue weighted by molar-refractivity contribution is 5.47. The highest BCUT2D eigenvalue weighted by atomic mass is 15.6. The van der Waals surface area contributed by atoms with Crippen molar-refractivity contribution >= 4 is 0 Å². The van der Waals surface area contributed by atoms with Gasteiger partial charge >= 0.3 is 0 Å². The fourth-order valence-electron chi connectivity index (χ4n) is 2.23. The van der Waals surface area contributed by atoms with Crippen molar-refractivity contribution in [1.82, 2.24) is 25.1 Å². The molecule has 1 aromatic heterocycles. The number of hydrogen-bond acceptors (Lipinski definition) is 4. The number of aromatic nitrogens is 4. The molecule has 0 saturated carbocycles. The number of aryl methyl sites for hydroxylation is 2. The zero-order chi connectivity index (χ0) is 14.9. The van der Waals surface area contributed by atoms with Crippen molar-refractivity contribution in [2.24, 2.45) is 0 Å². The van der Waals surface area contributed by atoms with E-state index in [0.29, 0.717) is 0 Å². The Morgan fingerprint density at radius 2 is 1.95 bits per heavy atom. The van der Waals surface area contributed by atoms with Crippen LogP contribution in [0.1, 0.15) is 37.7 Å². The van der Waals surface area contributed by atoms with E-state index in [0.717, 1.165) is 17.9 Å². The van der Waals surface area contributed by atoms with E-state index in [-0.39, 0.29) is 5.54 Å². The Morgan fingerprint density at radius 3 is 2.55 bits per heavy atom. The van der Waals surface area contributed by atoms with Crippen LogP contribution in [0.4, 0.5) is 0 Å². The van der Waals surface area contributed by atoms with Crippen LogP contribution in [-0.2, 0) is 12.0 Å². The molecule has 108 valence electrons. The van der Waals surface area contributed by atoms with Crippen molar-refractivity contribution in [3.8, 4) is 5.69 Å². The number of nitrogens with zero attached hydrogens (tertiary/aromatic N) is 5. The molecule has 0 unspecified atom stereocenters. The van der Waals surface area contributed by atoms with Gasteiger partial charge in [0.2, 0.25) is 0 Å². The largest absolute Gasteiger partial charge is 0.297 e. The van der Waals surface area contributed by atoms with Gasteiger partial charge in [0, 0.05) is 0 Å².